The van der Waals surface area contributed by atoms with Gasteiger partial charge in [-0.2, -0.15) is 0 Å². The number of pyridine rings is 1. The Morgan fingerprint density at radius 2 is 2.20 bits per heavy atom. The number of nitrogens with one attached hydrogen (secondary N) is 1. The number of rotatable bonds is 5. The first-order chi connectivity index (χ1) is 9.66. The lowest BCUT2D eigenvalue weighted by Crippen LogP contribution is -2.31. The van der Waals surface area contributed by atoms with Crippen molar-refractivity contribution in [3.8, 4) is 0 Å². The van der Waals surface area contributed by atoms with Crippen LogP contribution < -0.4 is 11.1 Å². The summed E-state index contributed by atoms with van der Waals surface area (Å²) in [5, 5.41) is 15.7. The van der Waals surface area contributed by atoms with Crippen molar-refractivity contribution < 1.29 is 4.92 Å². The van der Waals surface area contributed by atoms with Crippen molar-refractivity contribution in [2.45, 2.75) is 18.9 Å². The molecule has 20 heavy (non-hydrogen) atoms. The quantitative estimate of drug-likeness (QED) is 0.643. The molecule has 0 radical (unpaired) electrons. The van der Waals surface area contributed by atoms with Crippen LogP contribution in [0.5, 0.6) is 0 Å². The van der Waals surface area contributed by atoms with Crippen LogP contribution in [0.1, 0.15) is 12.8 Å². The van der Waals surface area contributed by atoms with Crippen LogP contribution in [0.4, 0.5) is 11.4 Å². The maximum Gasteiger partial charge on any atom is 0.278 e. The molecule has 3 N–H and O–H groups in total. The largest absolute Gasteiger partial charge is 0.383 e. The van der Waals surface area contributed by atoms with E-state index in [9.17, 15) is 10.1 Å². The Balaban J connectivity index is 1.91. The molecule has 3 rings (SSSR count). The van der Waals surface area contributed by atoms with Gasteiger partial charge in [-0.05, 0) is 30.9 Å². The summed E-state index contributed by atoms with van der Waals surface area (Å²) >= 11 is 0. The minimum absolute atomic E-state index is 0.0742. The van der Waals surface area contributed by atoms with E-state index in [4.69, 9.17) is 5.73 Å². The first kappa shape index (κ1) is 12.8. The lowest BCUT2D eigenvalue weighted by Gasteiger charge is -2.14. The first-order valence-electron chi connectivity index (χ1n) is 6.67. The summed E-state index contributed by atoms with van der Waals surface area (Å²) in [6.07, 6.45) is 5.57. The third kappa shape index (κ3) is 2.42. The number of nitrogens with two attached hydrogens (primary N) is 1. The smallest absolute Gasteiger partial charge is 0.278 e. The number of anilines is 1. The van der Waals surface area contributed by atoms with Gasteiger partial charge >= 0.3 is 0 Å². The van der Waals surface area contributed by atoms with Crippen LogP contribution in [-0.4, -0.2) is 22.5 Å². The molecule has 1 heterocycles. The van der Waals surface area contributed by atoms with Gasteiger partial charge in [0.25, 0.3) is 5.69 Å². The number of nitro groups is 1. The number of aromatic nitrogens is 1. The molecular formula is C14H16N4O2. The van der Waals surface area contributed by atoms with Gasteiger partial charge in [-0.1, -0.05) is 0 Å². The van der Waals surface area contributed by atoms with Gasteiger partial charge in [0.15, 0.2) is 0 Å². The SMILES string of the molecule is NC(CNc1ccc([N+](=O)[O-])c2cnccc12)C1CC1. The van der Waals surface area contributed by atoms with E-state index in [1.807, 2.05) is 0 Å². The second-order valence-corrected chi connectivity index (χ2v) is 5.19. The number of hydrogen-bond donors (Lipinski definition) is 2. The molecule has 1 aromatic heterocycles. The van der Waals surface area contributed by atoms with E-state index in [-0.39, 0.29) is 16.7 Å². The Morgan fingerprint density at radius 3 is 2.90 bits per heavy atom. The molecule has 1 aromatic carbocycles. The molecule has 104 valence electrons. The summed E-state index contributed by atoms with van der Waals surface area (Å²) in [7, 11) is 0. The zero-order valence-electron chi connectivity index (χ0n) is 11.0. The van der Waals surface area contributed by atoms with Crippen molar-refractivity contribution in [2.75, 3.05) is 11.9 Å². The van der Waals surface area contributed by atoms with Crippen molar-refractivity contribution in [1.82, 2.24) is 4.98 Å². The van der Waals surface area contributed by atoms with E-state index in [1.165, 1.54) is 25.1 Å². The number of benzene rings is 1. The minimum atomic E-state index is -0.385. The van der Waals surface area contributed by atoms with Gasteiger partial charge in [0, 0.05) is 42.1 Å². The van der Waals surface area contributed by atoms with Gasteiger partial charge < -0.3 is 11.1 Å². The van der Waals surface area contributed by atoms with Crippen molar-refractivity contribution in [2.24, 2.45) is 11.7 Å². The highest BCUT2D eigenvalue weighted by atomic mass is 16.6. The van der Waals surface area contributed by atoms with Gasteiger partial charge in [0.2, 0.25) is 0 Å². The first-order valence-corrected chi connectivity index (χ1v) is 6.67. The van der Waals surface area contributed by atoms with Gasteiger partial charge in [-0.25, -0.2) is 0 Å². The van der Waals surface area contributed by atoms with E-state index in [2.05, 4.69) is 10.3 Å². The Labute approximate surface area is 116 Å². The molecule has 0 spiro atoms. The predicted molar refractivity (Wildman–Crippen MR) is 77.6 cm³/mol. The molecule has 0 aliphatic heterocycles. The van der Waals surface area contributed by atoms with Crippen molar-refractivity contribution in [1.29, 1.82) is 0 Å². The van der Waals surface area contributed by atoms with Crippen LogP contribution in [-0.2, 0) is 0 Å². The number of nitro benzene ring substituents is 1. The van der Waals surface area contributed by atoms with E-state index < -0.39 is 0 Å². The van der Waals surface area contributed by atoms with Crippen molar-refractivity contribution in [3.05, 3.63) is 40.7 Å². The fraction of sp³-hybridized carbons (Fsp3) is 0.357. The Bertz CT molecular complexity index is 655. The van der Waals surface area contributed by atoms with Crippen LogP contribution in [0.25, 0.3) is 10.8 Å². The van der Waals surface area contributed by atoms with Crippen LogP contribution in [0.2, 0.25) is 0 Å². The van der Waals surface area contributed by atoms with Crippen LogP contribution in [0.3, 0.4) is 0 Å². The Morgan fingerprint density at radius 1 is 1.40 bits per heavy atom. The van der Waals surface area contributed by atoms with Gasteiger partial charge in [0.1, 0.15) is 0 Å². The molecule has 1 aliphatic rings. The molecule has 0 bridgehead atoms. The molecule has 2 aromatic rings. The zero-order valence-corrected chi connectivity index (χ0v) is 11.0. The fourth-order valence-corrected chi connectivity index (χ4v) is 2.41. The van der Waals surface area contributed by atoms with Crippen molar-refractivity contribution in [3.63, 3.8) is 0 Å². The predicted octanol–water partition coefficient (Wildman–Crippen LogP) is 2.29. The molecule has 1 saturated carbocycles. The summed E-state index contributed by atoms with van der Waals surface area (Å²) in [5.41, 5.74) is 7.01. The average Bonchev–Trinajstić information content (AvgIpc) is 3.28. The van der Waals surface area contributed by atoms with Crippen LogP contribution in [0.15, 0.2) is 30.6 Å². The molecule has 6 heteroatoms. The van der Waals surface area contributed by atoms with E-state index in [0.29, 0.717) is 17.8 Å². The third-order valence-electron chi connectivity index (χ3n) is 3.75. The lowest BCUT2D eigenvalue weighted by atomic mass is 10.1. The molecule has 1 fully saturated rings. The third-order valence-corrected chi connectivity index (χ3v) is 3.75. The monoisotopic (exact) mass is 272 g/mol. The van der Waals surface area contributed by atoms with Gasteiger partial charge in [-0.15, -0.1) is 0 Å². The topological polar surface area (TPSA) is 94.1 Å². The number of fused-ring (bicyclic) bond motifs is 1. The maximum atomic E-state index is 11.0. The summed E-state index contributed by atoms with van der Waals surface area (Å²) in [5.74, 6) is 0.619. The zero-order chi connectivity index (χ0) is 14.1. The van der Waals surface area contributed by atoms with Crippen LogP contribution in [0, 0.1) is 16.0 Å². The molecule has 6 nitrogen and oxygen atoms in total. The number of hydrogen-bond acceptors (Lipinski definition) is 5. The van der Waals surface area contributed by atoms with E-state index in [0.717, 1.165) is 11.1 Å². The Hall–Kier alpha value is -2.21. The normalized spacial score (nSPS) is 16.1. The average molecular weight is 272 g/mol. The second-order valence-electron chi connectivity index (χ2n) is 5.19. The van der Waals surface area contributed by atoms with E-state index >= 15 is 0 Å². The van der Waals surface area contributed by atoms with Crippen molar-refractivity contribution >= 4 is 22.1 Å². The molecule has 1 unspecified atom stereocenters. The highest BCUT2D eigenvalue weighted by Gasteiger charge is 2.28. The highest BCUT2D eigenvalue weighted by Crippen LogP contribution is 2.33. The maximum absolute atomic E-state index is 11.0. The fourth-order valence-electron chi connectivity index (χ4n) is 2.41. The summed E-state index contributed by atoms with van der Waals surface area (Å²) in [4.78, 5) is 14.6. The van der Waals surface area contributed by atoms with Gasteiger partial charge in [0.05, 0.1) is 10.3 Å². The number of non-ortho nitro benzene ring substituents is 1. The molecule has 0 saturated heterocycles. The standard InChI is InChI=1S/C14H16N4O2/c15-12(9-1-2-9)8-17-13-3-4-14(18(19)20)11-7-16-6-5-10(11)13/h3-7,9,12,17H,1-2,8,15H2. The Kier molecular flexibility index (Phi) is 3.23. The highest BCUT2D eigenvalue weighted by molar-refractivity contribution is 5.99. The minimum Gasteiger partial charge on any atom is -0.383 e. The summed E-state index contributed by atoms with van der Waals surface area (Å²) in [6.45, 7) is 0.680. The summed E-state index contributed by atoms with van der Waals surface area (Å²) < 4.78 is 0. The molecule has 1 aliphatic carbocycles. The molecule has 0 amide bonds. The van der Waals surface area contributed by atoms with E-state index in [1.54, 1.807) is 18.3 Å². The lowest BCUT2D eigenvalue weighted by molar-refractivity contribution is -0.383. The number of nitrogens with zero attached hydrogens (tertiary/aromatic N) is 2. The van der Waals surface area contributed by atoms with Crippen LogP contribution >= 0.6 is 0 Å². The molecule has 1 atom stereocenters. The van der Waals surface area contributed by atoms with Gasteiger partial charge in [-0.3, -0.25) is 15.1 Å². The second kappa shape index (κ2) is 5.05. The molecular weight excluding hydrogens is 256 g/mol. The summed E-state index contributed by atoms with van der Waals surface area (Å²) in [6, 6.07) is 5.17.